The summed E-state index contributed by atoms with van der Waals surface area (Å²) in [6.45, 7) is 10.5. The van der Waals surface area contributed by atoms with Crippen LogP contribution in [-0.2, 0) is 79.4 Å². The molecule has 454 valence electrons. The molecule has 2 atom stereocenters. The Morgan fingerprint density at radius 2 is 0.843 bits per heavy atom. The monoisotopic (exact) mass is 1270 g/mol. The number of hydrogen-bond donors (Lipinski definition) is 2. The molecule has 0 bridgehead atoms. The average Bonchev–Trinajstić information content (AvgIpc) is 4.42. The van der Waals surface area contributed by atoms with Gasteiger partial charge < -0.3 is 47.1 Å². The first kappa shape index (κ1) is 72.0. The highest BCUT2D eigenvalue weighted by molar-refractivity contribution is 7.97. The van der Waals surface area contributed by atoms with Crippen LogP contribution in [0.15, 0.2) is 211 Å². The SMILES string of the molecule is CO[Si](C)(C)CCCOCC(O)OC(=O)C(F)(F)S(=O)(=O)[O-].CO[Si](C)(C)CCCOCC1CO1.O=C(O)C(F)(F)S(=O)(=O)[O-].c1ccc([S+](c2ccccc2)c2ccccc2)cc1.c1ccc([S+](c2ccccc2)c2ccccc2)cc1. The minimum atomic E-state index is -6.21. The van der Waals surface area contributed by atoms with Crippen molar-refractivity contribution in [1.29, 1.82) is 0 Å². The van der Waals surface area contributed by atoms with Gasteiger partial charge in [-0.2, -0.15) is 17.6 Å². The molecule has 1 heterocycles. The molecule has 1 saturated heterocycles. The largest absolute Gasteiger partial charge is 0.743 e. The van der Waals surface area contributed by atoms with Crippen LogP contribution in [0.3, 0.4) is 0 Å². The number of carbonyl (C=O) groups excluding carboxylic acids is 1. The van der Waals surface area contributed by atoms with Crippen LogP contribution in [0.4, 0.5) is 17.6 Å². The second-order valence-electron chi connectivity index (χ2n) is 18.8. The fourth-order valence-electron chi connectivity index (χ4n) is 6.56. The second kappa shape index (κ2) is 35.2. The molecule has 0 radical (unpaired) electrons. The predicted molar refractivity (Wildman–Crippen MR) is 311 cm³/mol. The molecule has 0 spiro atoms. The Labute approximate surface area is 491 Å². The first-order valence-corrected chi connectivity index (χ1v) is 37.0. The molecule has 6 aromatic carbocycles. The molecular weight excluding hydrogens is 1200 g/mol. The Bertz CT molecular complexity index is 2710. The van der Waals surface area contributed by atoms with E-state index in [1.54, 1.807) is 7.11 Å². The number of carboxylic acid groups (broad SMARTS) is 1. The van der Waals surface area contributed by atoms with Crippen molar-refractivity contribution in [2.75, 3.05) is 47.3 Å². The van der Waals surface area contributed by atoms with Gasteiger partial charge >= 0.3 is 22.4 Å². The van der Waals surface area contributed by atoms with Crippen LogP contribution in [0.25, 0.3) is 0 Å². The summed E-state index contributed by atoms with van der Waals surface area (Å²) in [7, 11) is -12.0. The van der Waals surface area contributed by atoms with Gasteiger partial charge in [0.1, 0.15) is 12.7 Å². The van der Waals surface area contributed by atoms with Crippen LogP contribution >= 0.6 is 0 Å². The number of esters is 1. The van der Waals surface area contributed by atoms with Gasteiger partial charge in [0, 0.05) is 27.4 Å². The van der Waals surface area contributed by atoms with E-state index < -0.39 is 72.2 Å². The molecule has 2 unspecified atom stereocenters. The summed E-state index contributed by atoms with van der Waals surface area (Å²) in [5.74, 6) is -5.62. The van der Waals surface area contributed by atoms with Crippen molar-refractivity contribution < 1.29 is 91.1 Å². The molecule has 26 heteroatoms. The van der Waals surface area contributed by atoms with Gasteiger partial charge in [0.25, 0.3) is 0 Å². The van der Waals surface area contributed by atoms with Crippen molar-refractivity contribution in [2.24, 2.45) is 0 Å². The molecule has 0 aromatic heterocycles. The Balaban J connectivity index is 0.000000278. The molecule has 7 rings (SSSR count). The first-order valence-electron chi connectivity index (χ1n) is 25.5. The lowest BCUT2D eigenvalue weighted by atomic mass is 10.4. The highest BCUT2D eigenvalue weighted by atomic mass is 32.2. The van der Waals surface area contributed by atoms with Crippen LogP contribution < -0.4 is 0 Å². The zero-order valence-electron chi connectivity index (χ0n) is 46.6. The number of hydrogen-bond acceptors (Lipinski definition) is 15. The number of halogens is 4. The van der Waals surface area contributed by atoms with E-state index in [0.717, 1.165) is 32.3 Å². The predicted octanol–water partition coefficient (Wildman–Crippen LogP) is 10.7. The second-order valence-corrected chi connectivity index (χ2v) is 34.6. The number of benzene rings is 6. The third-order valence-electron chi connectivity index (χ3n) is 11.4. The summed E-state index contributed by atoms with van der Waals surface area (Å²) >= 11 is 0. The molecule has 2 N–H and O–H groups in total. The Hall–Kier alpha value is -5.31. The van der Waals surface area contributed by atoms with Crippen molar-refractivity contribution >= 4 is 70.6 Å². The van der Waals surface area contributed by atoms with Crippen LogP contribution in [0.2, 0.25) is 38.3 Å². The van der Waals surface area contributed by atoms with Crippen molar-refractivity contribution in [3.8, 4) is 0 Å². The zero-order chi connectivity index (χ0) is 61.7. The number of aliphatic hydroxyl groups excluding tert-OH is 1. The summed E-state index contributed by atoms with van der Waals surface area (Å²) in [5.41, 5.74) is 0. The summed E-state index contributed by atoms with van der Waals surface area (Å²) in [6.07, 6.45) is -0.0148. The Morgan fingerprint density at radius 3 is 1.07 bits per heavy atom. The van der Waals surface area contributed by atoms with E-state index in [4.69, 9.17) is 33.3 Å². The van der Waals surface area contributed by atoms with E-state index in [-0.39, 0.29) is 28.4 Å². The smallest absolute Gasteiger partial charge is 0.429 e. The maximum absolute atomic E-state index is 12.8. The van der Waals surface area contributed by atoms with E-state index >= 15 is 0 Å². The summed E-state index contributed by atoms with van der Waals surface area (Å²) in [6, 6.07) is 66.2. The molecule has 1 fully saturated rings. The van der Waals surface area contributed by atoms with Gasteiger partial charge in [0.05, 0.1) is 35.0 Å². The number of epoxide rings is 1. The van der Waals surface area contributed by atoms with Gasteiger partial charge in [-0.1, -0.05) is 109 Å². The van der Waals surface area contributed by atoms with E-state index in [0.29, 0.717) is 12.5 Å². The van der Waals surface area contributed by atoms with Crippen molar-refractivity contribution in [3.63, 3.8) is 0 Å². The molecule has 83 heavy (non-hydrogen) atoms. The lowest BCUT2D eigenvalue weighted by molar-refractivity contribution is -0.193. The third-order valence-corrected chi connectivity index (χ3v) is 22.8. The Kier molecular flexibility index (Phi) is 30.5. The number of rotatable bonds is 25. The normalized spacial score (nSPS) is 13.7. The fraction of sp³-hybridized carbons (Fsp3) is 0.333. The summed E-state index contributed by atoms with van der Waals surface area (Å²) < 4.78 is 137. The number of aliphatic hydroxyl groups is 1. The zero-order valence-corrected chi connectivity index (χ0v) is 51.9. The minimum Gasteiger partial charge on any atom is -0.743 e. The van der Waals surface area contributed by atoms with Gasteiger partial charge in [-0.25, -0.2) is 26.4 Å². The van der Waals surface area contributed by atoms with Gasteiger partial charge in [-0.05, 0) is 124 Å². The van der Waals surface area contributed by atoms with Crippen molar-refractivity contribution in [1.82, 2.24) is 0 Å². The van der Waals surface area contributed by atoms with Gasteiger partial charge in [0.2, 0.25) is 6.29 Å². The molecule has 0 saturated carbocycles. The molecule has 1 aliphatic rings. The van der Waals surface area contributed by atoms with Gasteiger partial charge in [0.15, 0.2) is 66.2 Å². The first-order chi connectivity index (χ1) is 39.1. The van der Waals surface area contributed by atoms with Crippen LogP contribution in [0, 0.1) is 0 Å². The summed E-state index contributed by atoms with van der Waals surface area (Å²) in [4.78, 5) is 28.3. The fourth-order valence-corrected chi connectivity index (χ4v) is 13.6. The minimum absolute atomic E-state index is 0.0146. The molecule has 6 aromatic rings. The molecule has 16 nitrogen and oxygen atoms in total. The Morgan fingerprint density at radius 1 is 0.566 bits per heavy atom. The van der Waals surface area contributed by atoms with Crippen LogP contribution in [0.1, 0.15) is 12.8 Å². The standard InChI is InChI=1S/2C18H15S.C10H20F2O8SSi.C9H20O3Si.C2H2F2O5S/c2*1-4-10-16(11-5-1)19(17-12-6-2-7-13-17)18-14-8-3-9-15-18;1-18-22(2,3)6-4-5-19-7-8(13)20-9(14)10(11,12)21(15,16)17;1-10-13(2,3)6-4-5-11-7-9-8-12-9;3-2(4,1(5)6)10(7,8)9/h2*1-15H;8,13H,4-7H2,1-3H3,(H,15,16,17);9H,4-8H2,1-3H3;(H,5,6)(H,7,8,9)/q2*+1;;;/p-2. The lowest BCUT2D eigenvalue weighted by Gasteiger charge is -2.21. The number of aliphatic carboxylic acids is 1. The van der Waals surface area contributed by atoms with E-state index in [9.17, 15) is 53.1 Å². The molecule has 1 aliphatic heterocycles. The summed E-state index contributed by atoms with van der Waals surface area (Å²) in [5, 5.41) is 6.10. The number of ether oxygens (including phenoxy) is 4. The van der Waals surface area contributed by atoms with Crippen molar-refractivity contribution in [3.05, 3.63) is 182 Å². The maximum atomic E-state index is 12.8. The maximum Gasteiger partial charge on any atom is 0.429 e. The van der Waals surface area contributed by atoms with E-state index in [1.165, 1.54) is 35.4 Å². The topological polar surface area (TPSA) is 248 Å². The number of carbonyl (C=O) groups is 2. The van der Waals surface area contributed by atoms with Gasteiger partial charge in [-0.15, -0.1) is 0 Å². The third kappa shape index (κ3) is 26.2. The molecule has 0 amide bonds. The average molecular weight is 1270 g/mol. The van der Waals surface area contributed by atoms with Crippen LogP contribution in [0.5, 0.6) is 0 Å². The van der Waals surface area contributed by atoms with Crippen molar-refractivity contribution in [2.45, 2.75) is 103 Å². The van der Waals surface area contributed by atoms with Crippen LogP contribution in [-0.4, -0.2) is 135 Å². The quantitative estimate of drug-likeness (QED) is 0.00790. The highest BCUT2D eigenvalue weighted by Crippen LogP contribution is 2.32. The molecular formula is C57H70F4O16S4Si2. The number of alkyl halides is 4. The highest BCUT2D eigenvalue weighted by Gasteiger charge is 2.49. The molecule has 0 aliphatic carbocycles. The lowest BCUT2D eigenvalue weighted by Crippen LogP contribution is -2.41. The van der Waals surface area contributed by atoms with E-state index in [2.05, 4.69) is 200 Å². The van der Waals surface area contributed by atoms with E-state index in [1.807, 2.05) is 20.2 Å². The number of carboxylic acids is 1. The van der Waals surface area contributed by atoms with Gasteiger partial charge in [-0.3, -0.25) is 0 Å².